The third-order valence-electron chi connectivity index (χ3n) is 15.6. The van der Waals surface area contributed by atoms with Gasteiger partial charge in [-0.3, -0.25) is 57.5 Å². The summed E-state index contributed by atoms with van der Waals surface area (Å²) in [5.74, 6) is -11.9. The summed E-state index contributed by atoms with van der Waals surface area (Å²) < 4.78 is 5.46. The monoisotopic (exact) mass is 1380 g/mol. The number of carbonyl (C=O) groups excluding carboxylic acids is 12. The minimum absolute atomic E-state index is 0.00716. The van der Waals surface area contributed by atoms with Crippen LogP contribution in [0.15, 0.2) is 85.0 Å². The first kappa shape index (κ1) is 76.0. The lowest BCUT2D eigenvalue weighted by Crippen LogP contribution is -2.63. The average molecular weight is 1390 g/mol. The molecule has 0 fully saturated rings. The molecule has 30 nitrogen and oxygen atoms in total. The number of anilines is 4. The van der Waals surface area contributed by atoms with E-state index in [4.69, 9.17) is 43.3 Å². The van der Waals surface area contributed by atoms with Crippen LogP contribution in [0.3, 0.4) is 0 Å². The number of aliphatic hydroxyl groups excluding tert-OH is 1. The first-order valence-corrected chi connectivity index (χ1v) is 32.1. The maximum Gasteiger partial charge on any atom is 0.328 e. The number of carbonyl (C=O) groups is 14. The number of nitrogens with zero attached hydrogens (tertiary/aromatic N) is 2. The number of benzene rings is 4. The third-order valence-corrected chi connectivity index (χ3v) is 16.4. The second kappa shape index (κ2) is 36.2. The van der Waals surface area contributed by atoms with Crippen LogP contribution >= 0.6 is 23.2 Å². The van der Waals surface area contributed by atoms with Crippen molar-refractivity contribution in [1.29, 1.82) is 0 Å². The Hall–Kier alpha value is -10.0. The molecule has 2 aliphatic heterocycles. The molecule has 0 spiro atoms. The molecule has 8 atom stereocenters. The van der Waals surface area contributed by atoms with Gasteiger partial charge in [-0.25, -0.2) is 9.59 Å². The van der Waals surface area contributed by atoms with E-state index in [9.17, 15) is 67.1 Å². The van der Waals surface area contributed by atoms with E-state index in [1.165, 1.54) is 34.6 Å². The van der Waals surface area contributed by atoms with E-state index in [2.05, 4.69) is 53.2 Å². The fourth-order valence-electron chi connectivity index (χ4n) is 10.8. The second-order valence-electron chi connectivity index (χ2n) is 22.7. The lowest BCUT2D eigenvalue weighted by atomic mass is 9.95. The highest BCUT2D eigenvalue weighted by atomic mass is 35.5. The van der Waals surface area contributed by atoms with Crippen LogP contribution in [0.1, 0.15) is 89.7 Å². The number of rotatable bonds is 34. The van der Waals surface area contributed by atoms with Gasteiger partial charge in [0.2, 0.25) is 70.9 Å². The van der Waals surface area contributed by atoms with Gasteiger partial charge in [0.25, 0.3) is 0 Å². The molecule has 4 aromatic rings. The molecule has 0 radical (unpaired) electrons. The van der Waals surface area contributed by atoms with E-state index in [1.807, 2.05) is 30.3 Å². The number of hydrogen-bond donors (Lipinski definition) is 13. The quantitative estimate of drug-likeness (QED) is 0.0178. The molecule has 0 bridgehead atoms. The van der Waals surface area contributed by atoms with Gasteiger partial charge in [-0.15, -0.1) is 23.2 Å². The molecular formula is C65H78Cl2N12O18. The number of halogens is 2. The molecule has 2 aliphatic rings. The SMILES string of the molecule is CCNC(=O)C(NC(=O)/C=C\C(=O)O)C(NC(=O)/C=C\C(=O)O)C(=O)NCCOCCC(=O)NC(C)C(=O)NC(C)C(=O)Nc1cc2c(c3ccccc13)[C@H](CCl)CN2C(=O)CCCC(=O)N1C[C@@H](CCl)c2c1cc(NC(=O)C(C)NC(=O)C(C)NC(=O)CCO)c1ccccc21. The fourth-order valence-corrected chi connectivity index (χ4v) is 11.3. The van der Waals surface area contributed by atoms with Crippen LogP contribution < -0.4 is 63.0 Å². The molecule has 97 heavy (non-hydrogen) atoms. The van der Waals surface area contributed by atoms with E-state index in [1.54, 1.807) is 40.1 Å². The summed E-state index contributed by atoms with van der Waals surface area (Å²) in [5, 5.41) is 54.7. The number of amides is 12. The largest absolute Gasteiger partial charge is 0.478 e. The minimum atomic E-state index is -1.87. The Kier molecular flexibility index (Phi) is 28.3. The van der Waals surface area contributed by atoms with Crippen molar-refractivity contribution >= 4 is 150 Å². The maximum atomic E-state index is 14.3. The van der Waals surface area contributed by atoms with E-state index in [0.29, 0.717) is 63.2 Å². The molecule has 0 aliphatic carbocycles. The maximum absolute atomic E-state index is 14.3. The summed E-state index contributed by atoms with van der Waals surface area (Å²) in [4.78, 5) is 184. The van der Waals surface area contributed by atoms with Gasteiger partial charge in [0.05, 0.1) is 31.2 Å². The minimum Gasteiger partial charge on any atom is -0.478 e. The molecule has 0 saturated carbocycles. The van der Waals surface area contributed by atoms with Crippen molar-refractivity contribution in [3.05, 3.63) is 96.1 Å². The zero-order chi connectivity index (χ0) is 71.2. The Balaban J connectivity index is 1.03. The van der Waals surface area contributed by atoms with Gasteiger partial charge >= 0.3 is 11.9 Å². The van der Waals surface area contributed by atoms with Crippen molar-refractivity contribution in [3.8, 4) is 0 Å². The summed E-state index contributed by atoms with van der Waals surface area (Å²) in [5.41, 5.74) is 3.30. The summed E-state index contributed by atoms with van der Waals surface area (Å²) in [6.45, 7) is 6.56. The number of hydrogen-bond acceptors (Lipinski definition) is 16. The number of carboxylic acid groups (broad SMARTS) is 2. The predicted molar refractivity (Wildman–Crippen MR) is 357 cm³/mol. The first-order valence-electron chi connectivity index (χ1n) is 31.0. The Morgan fingerprint density at radius 2 is 0.918 bits per heavy atom. The first-order chi connectivity index (χ1) is 46.2. The normalized spacial score (nSPS) is 15.8. The van der Waals surface area contributed by atoms with Gasteiger partial charge in [-0.2, -0.15) is 0 Å². The molecule has 0 aromatic heterocycles. The summed E-state index contributed by atoms with van der Waals surface area (Å²) in [6.07, 6.45) is 1.61. The van der Waals surface area contributed by atoms with Crippen molar-refractivity contribution in [2.24, 2.45) is 0 Å². The van der Waals surface area contributed by atoms with E-state index < -0.39 is 114 Å². The molecule has 6 unspecified atom stereocenters. The molecule has 13 N–H and O–H groups in total. The number of alkyl halides is 2. The highest BCUT2D eigenvalue weighted by molar-refractivity contribution is 6.20. The van der Waals surface area contributed by atoms with Crippen molar-refractivity contribution in [1.82, 2.24) is 42.5 Å². The third kappa shape index (κ3) is 20.7. The van der Waals surface area contributed by atoms with Crippen molar-refractivity contribution in [2.75, 3.05) is 78.2 Å². The van der Waals surface area contributed by atoms with Crippen molar-refractivity contribution in [2.45, 2.75) is 115 Å². The Bertz CT molecular complexity index is 3750. The number of fused-ring (bicyclic) bond motifs is 6. The molecular weight excluding hydrogens is 1310 g/mol. The highest BCUT2D eigenvalue weighted by Crippen LogP contribution is 2.47. The summed E-state index contributed by atoms with van der Waals surface area (Å²) in [6, 6.07) is 9.82. The van der Waals surface area contributed by atoms with E-state index >= 15 is 0 Å². The summed E-state index contributed by atoms with van der Waals surface area (Å²) >= 11 is 13.1. The Labute approximate surface area is 566 Å². The molecule has 0 saturated heterocycles. The summed E-state index contributed by atoms with van der Waals surface area (Å²) in [7, 11) is 0. The predicted octanol–water partition coefficient (Wildman–Crippen LogP) is 1.39. The molecule has 2 heterocycles. The number of ether oxygens (including phenoxy) is 1. The lowest BCUT2D eigenvalue weighted by molar-refractivity contribution is -0.134. The van der Waals surface area contributed by atoms with E-state index in [0.717, 1.165) is 16.5 Å². The number of aliphatic carboxylic acids is 2. The Morgan fingerprint density at radius 1 is 0.515 bits per heavy atom. The Morgan fingerprint density at radius 3 is 1.32 bits per heavy atom. The molecule has 4 aromatic carbocycles. The number of nitrogens with one attached hydrogen (secondary N) is 10. The van der Waals surface area contributed by atoms with Crippen LogP contribution in [0, 0.1) is 0 Å². The van der Waals surface area contributed by atoms with Gasteiger partial charge in [0, 0.05) is 122 Å². The van der Waals surface area contributed by atoms with Crippen molar-refractivity contribution in [3.63, 3.8) is 0 Å². The van der Waals surface area contributed by atoms with Gasteiger partial charge < -0.3 is 83.0 Å². The zero-order valence-electron chi connectivity index (χ0n) is 53.7. The number of carboxylic acids is 2. The number of likely N-dealkylation sites (N-methyl/N-ethyl adjacent to an activating group) is 1. The average Bonchev–Trinajstić information content (AvgIpc) is 1.65. The molecule has 6 rings (SSSR count). The molecule has 32 heteroatoms. The molecule has 520 valence electrons. The zero-order valence-corrected chi connectivity index (χ0v) is 55.2. The van der Waals surface area contributed by atoms with Gasteiger partial charge in [0.15, 0.2) is 0 Å². The van der Waals surface area contributed by atoms with Crippen LogP contribution in [-0.2, 0) is 71.9 Å². The van der Waals surface area contributed by atoms with Crippen LogP contribution in [0.25, 0.3) is 21.5 Å². The van der Waals surface area contributed by atoms with Crippen molar-refractivity contribution < 1.29 is 87.2 Å². The van der Waals surface area contributed by atoms with Gasteiger partial charge in [-0.1, -0.05) is 48.5 Å². The van der Waals surface area contributed by atoms with E-state index in [-0.39, 0.29) is 107 Å². The van der Waals surface area contributed by atoms with Gasteiger partial charge in [0.1, 0.15) is 36.3 Å². The van der Waals surface area contributed by atoms with Crippen LogP contribution in [0.2, 0.25) is 0 Å². The second-order valence-corrected chi connectivity index (χ2v) is 23.3. The fraction of sp³-hybridized carbons (Fsp3) is 0.415. The van der Waals surface area contributed by atoms with Crippen LogP contribution in [-0.4, -0.2) is 192 Å². The van der Waals surface area contributed by atoms with Gasteiger partial charge in [-0.05, 0) is 75.1 Å². The topological polar surface area (TPSA) is 436 Å². The lowest BCUT2D eigenvalue weighted by Gasteiger charge is -2.26. The standard InChI is InChI=1S/C65H78Cl2N12O18/c1-6-68-64(95)58(76-48(81)18-20-54(87)88)59(77-49(82)19-21-55(89)90)65(96)69-24-27-97-26-23-51(84)71-35(3)61(92)73-37(5)63(94)75-45-29-47-57(43-15-10-8-13-41(43)45)39(31-67)33-79(47)53(86)17-11-16-52(85)78-32-38(30-66)56-42-14-9-7-12-40(42)44(28-46(56)78)74-62(93)36(4)72-60(91)34(2)70-50(83)22-25-80/h7-10,12-15,18-21,28-29,34-39,58-59,80H,6,11,16-17,22-27,30-33H2,1-5H3,(H,68,95)(H,69,96)(H,70,83)(H,71,84)(H,72,91)(H,73,92)(H,74,93)(H,75,94)(H,76,81)(H,77,82)(H,87,88)(H,89,90)/b20-18-,21-19-/t34?,35?,36?,37?,38-,39-,58?,59?/m1/s1. The number of aliphatic hydroxyl groups is 1. The van der Waals surface area contributed by atoms with Crippen LogP contribution in [0.4, 0.5) is 22.7 Å². The smallest absolute Gasteiger partial charge is 0.328 e. The molecule has 12 amide bonds. The highest BCUT2D eigenvalue weighted by Gasteiger charge is 2.39. The van der Waals surface area contributed by atoms with Crippen LogP contribution in [0.5, 0.6) is 0 Å².